The Morgan fingerprint density at radius 3 is 0.659 bits per heavy atom. The lowest BCUT2D eigenvalue weighted by Gasteiger charge is -2.35. The van der Waals surface area contributed by atoms with E-state index in [0.717, 1.165) is 107 Å². The summed E-state index contributed by atoms with van der Waals surface area (Å²) in [6.07, 6.45) is 58.5. The van der Waals surface area contributed by atoms with Gasteiger partial charge in [-0.15, -0.1) is 64.3 Å². The van der Waals surface area contributed by atoms with E-state index in [-0.39, 0.29) is 103 Å². The van der Waals surface area contributed by atoms with Crippen molar-refractivity contribution in [2.75, 3.05) is 21.3 Å². The number of methoxy groups -OCH3 is 3. The van der Waals surface area contributed by atoms with Crippen molar-refractivity contribution >= 4 is 0 Å². The van der Waals surface area contributed by atoms with E-state index >= 15 is 0 Å². The summed E-state index contributed by atoms with van der Waals surface area (Å²) in [6.45, 7) is 43.7. The Labute approximate surface area is 748 Å². The molecule has 0 aliphatic heterocycles. The zero-order valence-electron chi connectivity index (χ0n) is 78.8. The van der Waals surface area contributed by atoms with E-state index in [0.29, 0.717) is 70.5 Å². The minimum absolute atomic E-state index is 0.0104. The fourth-order valence-corrected chi connectivity index (χ4v) is 26.6. The first-order chi connectivity index (χ1) is 59.8. The monoisotopic (exact) mass is 1690 g/mol. The van der Waals surface area contributed by atoms with Crippen LogP contribution in [0.2, 0.25) is 0 Å². The fraction of sp³-hybridized carbons (Fsp3) is 0.568. The highest BCUT2D eigenvalue weighted by Crippen LogP contribution is 2.73. The largest absolute Gasteiger partial charge is 0.428 e. The van der Waals surface area contributed by atoms with Crippen molar-refractivity contribution in [1.82, 2.24) is 29.9 Å². The topological polar surface area (TPSA) is 160 Å². The molecule has 15 nitrogen and oxygen atoms in total. The highest BCUT2D eigenvalue weighted by molar-refractivity contribution is 5.48. The number of aromatic nitrogens is 6. The predicted octanol–water partition coefficient (Wildman–Crippen LogP) is 25.7. The number of allylic oxidation sites excluding steroid dienone is 15. The molecule has 20 rings (SSSR count). The van der Waals surface area contributed by atoms with E-state index in [1.165, 1.54) is 110 Å². The Morgan fingerprint density at radius 2 is 0.468 bits per heavy atom. The molecule has 18 aliphatic rings. The van der Waals surface area contributed by atoms with E-state index in [2.05, 4.69) is 192 Å². The van der Waals surface area contributed by atoms with Gasteiger partial charge in [0.2, 0.25) is 0 Å². The maximum Gasteiger partial charge on any atom is 0.331 e. The van der Waals surface area contributed by atoms with Crippen molar-refractivity contribution in [3.05, 3.63) is 245 Å². The van der Waals surface area contributed by atoms with E-state index in [4.69, 9.17) is 57.6 Å². The maximum atomic E-state index is 6.48. The van der Waals surface area contributed by atoms with Gasteiger partial charge in [-0.05, 0) is 290 Å². The summed E-state index contributed by atoms with van der Waals surface area (Å²) in [5.74, 6) is 8.03. The molecule has 12 fully saturated rings. The van der Waals surface area contributed by atoms with Crippen molar-refractivity contribution in [2.24, 2.45) is 100 Å². The lowest BCUT2D eigenvalue weighted by atomic mass is 9.69. The van der Waals surface area contributed by atoms with E-state index in [9.17, 15) is 0 Å². The molecule has 12 saturated carbocycles. The molecule has 0 saturated heterocycles. The molecular formula is C111H132N6O9. The summed E-state index contributed by atoms with van der Waals surface area (Å²) < 4.78 is 56.7. The van der Waals surface area contributed by atoms with Crippen molar-refractivity contribution in [2.45, 2.75) is 278 Å². The summed E-state index contributed by atoms with van der Waals surface area (Å²) in [5, 5.41) is 0. The number of nitrogens with zero attached hydrogens (tertiary/aromatic N) is 6. The first kappa shape index (κ1) is 86.1. The van der Waals surface area contributed by atoms with Gasteiger partial charge in [-0.1, -0.05) is 161 Å². The third-order valence-corrected chi connectivity index (χ3v) is 38.3. The van der Waals surface area contributed by atoms with Crippen LogP contribution < -0.4 is 28.4 Å². The Hall–Kier alpha value is -9.30. The first-order valence-electron chi connectivity index (χ1n) is 47.3. The normalized spacial score (nSPS) is 35.5. The summed E-state index contributed by atoms with van der Waals surface area (Å²) in [6, 6.07) is 0.449. The average Bonchev–Trinajstić information content (AvgIpc) is 1.59. The molecule has 2 aromatic rings. The Kier molecular flexibility index (Phi) is 21.2. The average molecular weight is 1690 g/mol. The summed E-state index contributed by atoms with van der Waals surface area (Å²) in [7, 11) is 5.13. The first-order valence-corrected chi connectivity index (χ1v) is 47.3. The van der Waals surface area contributed by atoms with E-state index in [1.807, 2.05) is 91.1 Å². The van der Waals surface area contributed by atoms with Crippen LogP contribution in [0.4, 0.5) is 0 Å². The molecule has 126 heavy (non-hydrogen) atoms. The Morgan fingerprint density at radius 1 is 0.262 bits per heavy atom. The summed E-state index contributed by atoms with van der Waals surface area (Å²) in [4.78, 5) is 28.1. The molecule has 0 N–H and O–H groups in total. The second kappa shape index (κ2) is 31.0. The van der Waals surface area contributed by atoms with E-state index < -0.39 is 0 Å². The molecule has 0 spiro atoms. The van der Waals surface area contributed by atoms with Gasteiger partial charge in [0.25, 0.3) is 0 Å². The third-order valence-electron chi connectivity index (χ3n) is 38.3. The standard InChI is InChI=1S/C57H69N3O6.C54H63N3O3/c1-52(2)37-19-22-55(52,7)40(28-37)25-34-13-16-43(31-46(34)61-10)64-49-58-50(65-44-17-14-35(47(32-44)62-11)26-41-29-38-20-23-56(41,8)53(38,3)4)60-51(59-49)66-45-18-15-36(48(33-45)63-12)27-42-30-39-21-24-57(42,9)54(39,5)6;1-49(2)37-19-22-52(49,7)40(31-37)25-34-13-10-16-43(28-34)58-46-55-47(59-44-17-11-14-35(29-44)26-41-32-38-20-23-53(41,8)50(38,3)4)57-48(56-46)60-45-18-12-15-36(30-45)27-42-33-39-21-24-54(42,9)51(39,5)6/h13-18,31-33,37-39,46-48H,19-24,28-30H2,1-12H3;10-18,37-39H,19-24,28-33H2,1-9H3. The van der Waals surface area contributed by atoms with Gasteiger partial charge in [0.1, 0.15) is 52.9 Å². The minimum atomic E-state index is -0.362. The molecule has 660 valence electrons. The van der Waals surface area contributed by atoms with Crippen LogP contribution in [0.25, 0.3) is 0 Å². The van der Waals surface area contributed by atoms with Crippen LogP contribution in [0.15, 0.2) is 245 Å². The molecule has 18 aliphatic carbocycles. The number of rotatable bonds is 15. The molecule has 0 radical (unpaired) electrons. The zero-order valence-corrected chi connectivity index (χ0v) is 78.8. The highest BCUT2D eigenvalue weighted by Gasteiger charge is 2.64. The van der Waals surface area contributed by atoms with Gasteiger partial charge in [-0.2, -0.15) is 0 Å². The number of hydrogen-bond acceptors (Lipinski definition) is 15. The van der Waals surface area contributed by atoms with Crippen molar-refractivity contribution < 1.29 is 42.6 Å². The molecule has 2 aromatic heterocycles. The second-order valence-corrected chi connectivity index (χ2v) is 44.7. The van der Waals surface area contributed by atoms with Gasteiger partial charge in [-0.3, -0.25) is 0 Å². The van der Waals surface area contributed by atoms with Crippen LogP contribution in [0.3, 0.4) is 0 Å². The maximum absolute atomic E-state index is 6.48. The lowest BCUT2D eigenvalue weighted by molar-refractivity contribution is 0.165. The smallest absolute Gasteiger partial charge is 0.331 e. The predicted molar refractivity (Wildman–Crippen MR) is 492 cm³/mol. The molecule has 0 amide bonds. The molecular weight excluding hydrogens is 1560 g/mol. The van der Waals surface area contributed by atoms with Crippen LogP contribution >= 0.6 is 0 Å². The Bertz CT molecular complexity index is 5250. The van der Waals surface area contributed by atoms with Gasteiger partial charge in [0.15, 0.2) is 0 Å². The molecule has 0 aromatic carbocycles. The minimum Gasteiger partial charge on any atom is -0.428 e. The summed E-state index contributed by atoms with van der Waals surface area (Å²) in [5.41, 5.74) is 40.4. The lowest BCUT2D eigenvalue weighted by Crippen LogP contribution is -2.28. The van der Waals surface area contributed by atoms with Crippen LogP contribution in [-0.4, -0.2) is 69.5 Å². The van der Waals surface area contributed by atoms with Crippen molar-refractivity contribution in [3.63, 3.8) is 0 Å². The SMILES string of the molecule is CC12CCC(CC1=C=C1C=CC=C(Oc3nc(OC4=CC=CC(=C=C5CC6CCC5(C)C6(C)C)C4)nc(OC4=CC=CC(=C=C5CC6CCC5(C)C6(C)C)C4)n3)C1)C2(C)C.COC1C=C(Oc2nc(OC3=CC(OC)C(=C=C4CC5CCC4(C)C5(C)C)C=C3)nc(OC3=CC(OC)C(=C=C4CC5CCC4(C)C5(C)C)C=C3)n2)C=CC1=C=C1CC2CCC1(C)C2(C)C. The molecule has 2 heterocycles. The van der Waals surface area contributed by atoms with Crippen LogP contribution in [-0.2, 0) is 14.2 Å². The molecule has 12 bridgehead atoms. The van der Waals surface area contributed by atoms with Gasteiger partial charge >= 0.3 is 36.1 Å². The highest BCUT2D eigenvalue weighted by atomic mass is 16.5. The quantitative estimate of drug-likeness (QED) is 0.155. The number of hydrogen-bond donors (Lipinski definition) is 0. The zero-order chi connectivity index (χ0) is 88.5. The molecule has 15 unspecified atom stereocenters. The van der Waals surface area contributed by atoms with Crippen LogP contribution in [0.5, 0.6) is 36.1 Å². The summed E-state index contributed by atoms with van der Waals surface area (Å²) >= 11 is 0. The van der Waals surface area contributed by atoms with Gasteiger partial charge in [0.05, 0.1) is 0 Å². The molecule has 15 atom stereocenters. The van der Waals surface area contributed by atoms with E-state index in [1.54, 1.807) is 21.3 Å². The molecule has 15 heteroatoms. The van der Waals surface area contributed by atoms with Gasteiger partial charge in [0, 0.05) is 107 Å². The van der Waals surface area contributed by atoms with Gasteiger partial charge in [-0.25, -0.2) is 0 Å². The second-order valence-electron chi connectivity index (χ2n) is 44.7. The number of ether oxygens (including phenoxy) is 9. The van der Waals surface area contributed by atoms with Crippen LogP contribution in [0, 0.1) is 100 Å². The third kappa shape index (κ3) is 14.2. The Balaban J connectivity index is 0.000000165. The van der Waals surface area contributed by atoms with Crippen molar-refractivity contribution in [3.8, 4) is 36.1 Å². The van der Waals surface area contributed by atoms with Gasteiger partial charge < -0.3 is 42.6 Å². The van der Waals surface area contributed by atoms with Crippen molar-refractivity contribution in [1.29, 1.82) is 0 Å². The van der Waals surface area contributed by atoms with Crippen LogP contribution in [0.1, 0.15) is 259 Å². The number of fused-ring (bicyclic) bond motifs is 12. The fourth-order valence-electron chi connectivity index (χ4n) is 26.6.